The van der Waals surface area contributed by atoms with Gasteiger partial charge in [-0.1, -0.05) is 123 Å². The Morgan fingerprint density at radius 3 is 1.64 bits per heavy atom. The maximum atomic E-state index is 6.29. The van der Waals surface area contributed by atoms with Gasteiger partial charge in [0.15, 0.2) is 0 Å². The molecule has 0 unspecified atom stereocenters. The Bertz CT molecular complexity index is 2340. The normalized spacial score (nSPS) is 11.8. The molecule has 0 radical (unpaired) electrons. The average molecular weight is 582 g/mol. The largest absolute Gasteiger partial charge is 0.456 e. The number of para-hydroxylation sites is 2. The highest BCUT2D eigenvalue weighted by molar-refractivity contribution is 6.96. The molecule has 0 saturated carbocycles. The van der Waals surface area contributed by atoms with Crippen molar-refractivity contribution in [3.63, 3.8) is 0 Å². The molecule has 2 heterocycles. The molecule has 0 amide bonds. The Balaban J connectivity index is 1.35. The van der Waals surface area contributed by atoms with Crippen LogP contribution < -0.4 is 16.4 Å². The number of fused-ring (bicyclic) bond motifs is 6. The zero-order valence-electron chi connectivity index (χ0n) is 26.8. The molecule has 0 atom stereocenters. The number of furan rings is 1. The molecule has 218 valence electrons. The smallest absolute Gasteiger partial charge is 0.242 e. The molecule has 0 saturated heterocycles. The van der Waals surface area contributed by atoms with Crippen LogP contribution in [0.25, 0.3) is 49.4 Å². The lowest BCUT2D eigenvalue weighted by Gasteiger charge is -2.25. The van der Waals surface area contributed by atoms with Crippen molar-refractivity contribution in [1.29, 1.82) is 0 Å². The topological polar surface area (TPSA) is 18.1 Å². The van der Waals surface area contributed by atoms with Crippen LogP contribution in [-0.4, -0.2) is 11.3 Å². The Labute approximate surface area is 265 Å². The highest BCUT2D eigenvalue weighted by Crippen LogP contribution is 2.38. The standard InChI is InChI=1S/C42H36BNO/c1-25-19-27(3)41(28(4)20-25)43(42-29(5)21-26(2)22-30(42)6)31-15-17-32(18-16-31)44-37-13-9-7-11-33(37)35-24-40-36(23-38(35)44)34-12-8-10-14-39(34)45-40/h7-24H,1-6H3. The van der Waals surface area contributed by atoms with E-state index >= 15 is 0 Å². The Hall–Kier alpha value is -5.02. The summed E-state index contributed by atoms with van der Waals surface area (Å²) in [6, 6.07) is 40.2. The number of aryl methyl sites for hydroxylation is 6. The molecule has 0 N–H and O–H groups in total. The van der Waals surface area contributed by atoms with E-state index in [1.807, 2.05) is 6.07 Å². The van der Waals surface area contributed by atoms with Crippen LogP contribution in [0.5, 0.6) is 0 Å². The van der Waals surface area contributed by atoms with Gasteiger partial charge in [0, 0.05) is 27.2 Å². The van der Waals surface area contributed by atoms with Crippen molar-refractivity contribution in [3.05, 3.63) is 143 Å². The summed E-state index contributed by atoms with van der Waals surface area (Å²) >= 11 is 0. The summed E-state index contributed by atoms with van der Waals surface area (Å²) in [6.45, 7) is 13.6. The summed E-state index contributed by atoms with van der Waals surface area (Å²) in [5.74, 6) is 0. The van der Waals surface area contributed by atoms with Crippen molar-refractivity contribution in [2.45, 2.75) is 41.5 Å². The van der Waals surface area contributed by atoms with Gasteiger partial charge in [0.2, 0.25) is 6.71 Å². The summed E-state index contributed by atoms with van der Waals surface area (Å²) < 4.78 is 8.71. The van der Waals surface area contributed by atoms with Crippen molar-refractivity contribution in [2.24, 2.45) is 0 Å². The van der Waals surface area contributed by atoms with E-state index in [-0.39, 0.29) is 6.71 Å². The SMILES string of the molecule is Cc1cc(C)c(B(c2ccc(-n3c4ccccc4c4cc5oc6ccccc6c5cc43)cc2)c2c(C)cc(C)cc2C)c(C)c1. The van der Waals surface area contributed by atoms with Gasteiger partial charge >= 0.3 is 0 Å². The highest BCUT2D eigenvalue weighted by Gasteiger charge is 2.28. The fraction of sp³-hybridized carbons (Fsp3) is 0.143. The van der Waals surface area contributed by atoms with Gasteiger partial charge in [0.25, 0.3) is 0 Å². The van der Waals surface area contributed by atoms with Crippen molar-refractivity contribution in [3.8, 4) is 5.69 Å². The van der Waals surface area contributed by atoms with Crippen LogP contribution in [-0.2, 0) is 0 Å². The average Bonchev–Trinajstić information content (AvgIpc) is 3.53. The second-order valence-electron chi connectivity index (χ2n) is 13.0. The molecule has 6 aromatic carbocycles. The second kappa shape index (κ2) is 10.3. The lowest BCUT2D eigenvalue weighted by atomic mass is 9.34. The molecule has 0 aliphatic heterocycles. The number of nitrogens with zero attached hydrogens (tertiary/aromatic N) is 1. The van der Waals surface area contributed by atoms with Crippen molar-refractivity contribution in [2.75, 3.05) is 0 Å². The predicted octanol–water partition coefficient (Wildman–Crippen LogP) is 9.05. The number of hydrogen-bond donors (Lipinski definition) is 0. The molecule has 8 aromatic rings. The molecular weight excluding hydrogens is 545 g/mol. The van der Waals surface area contributed by atoms with Gasteiger partial charge in [-0.15, -0.1) is 0 Å². The Morgan fingerprint density at radius 1 is 0.467 bits per heavy atom. The van der Waals surface area contributed by atoms with Crippen LogP contribution in [0.2, 0.25) is 0 Å². The Morgan fingerprint density at radius 2 is 1.02 bits per heavy atom. The van der Waals surface area contributed by atoms with E-state index in [4.69, 9.17) is 4.42 Å². The molecule has 2 aromatic heterocycles. The molecular formula is C42H36BNO. The lowest BCUT2D eigenvalue weighted by molar-refractivity contribution is 0.669. The highest BCUT2D eigenvalue weighted by atomic mass is 16.3. The monoisotopic (exact) mass is 581 g/mol. The number of hydrogen-bond acceptors (Lipinski definition) is 1. The first-order valence-corrected chi connectivity index (χ1v) is 15.9. The first-order valence-electron chi connectivity index (χ1n) is 15.9. The van der Waals surface area contributed by atoms with E-state index in [0.29, 0.717) is 0 Å². The van der Waals surface area contributed by atoms with Crippen LogP contribution >= 0.6 is 0 Å². The van der Waals surface area contributed by atoms with E-state index in [0.717, 1.165) is 27.6 Å². The third-order valence-electron chi connectivity index (χ3n) is 9.71. The predicted molar refractivity (Wildman–Crippen MR) is 194 cm³/mol. The fourth-order valence-electron chi connectivity index (χ4n) is 8.05. The molecule has 0 aliphatic rings. The third kappa shape index (κ3) is 4.33. The first kappa shape index (κ1) is 27.5. The molecule has 3 heteroatoms. The molecule has 0 aliphatic carbocycles. The summed E-state index contributed by atoms with van der Waals surface area (Å²) in [5.41, 5.74) is 17.5. The summed E-state index contributed by atoms with van der Waals surface area (Å²) in [5, 5.41) is 4.73. The van der Waals surface area contributed by atoms with Crippen LogP contribution in [0, 0.1) is 41.5 Å². The van der Waals surface area contributed by atoms with Crippen LogP contribution in [0.4, 0.5) is 0 Å². The quantitative estimate of drug-likeness (QED) is 0.190. The minimum absolute atomic E-state index is 0.148. The molecule has 8 rings (SSSR count). The maximum absolute atomic E-state index is 6.29. The lowest BCUT2D eigenvalue weighted by Crippen LogP contribution is -2.55. The van der Waals surface area contributed by atoms with Crippen molar-refractivity contribution in [1.82, 2.24) is 4.57 Å². The number of rotatable bonds is 4. The molecule has 2 nitrogen and oxygen atoms in total. The number of benzene rings is 6. The summed E-state index contributed by atoms with van der Waals surface area (Å²) in [6.07, 6.45) is 0. The molecule has 45 heavy (non-hydrogen) atoms. The van der Waals surface area contributed by atoms with Gasteiger partial charge < -0.3 is 8.98 Å². The van der Waals surface area contributed by atoms with E-state index in [9.17, 15) is 0 Å². The third-order valence-corrected chi connectivity index (χ3v) is 9.71. The van der Waals surface area contributed by atoms with Gasteiger partial charge in [0.1, 0.15) is 11.2 Å². The first-order chi connectivity index (χ1) is 21.8. The number of aromatic nitrogens is 1. The zero-order valence-corrected chi connectivity index (χ0v) is 26.8. The molecule has 0 fully saturated rings. The van der Waals surface area contributed by atoms with E-state index < -0.39 is 0 Å². The Kier molecular flexibility index (Phi) is 6.29. The van der Waals surface area contributed by atoms with Gasteiger partial charge in [-0.05, 0) is 77.9 Å². The zero-order chi connectivity index (χ0) is 31.0. The maximum Gasteiger partial charge on any atom is 0.242 e. The van der Waals surface area contributed by atoms with E-state index in [2.05, 4.69) is 149 Å². The van der Waals surface area contributed by atoms with Crippen molar-refractivity contribution < 1.29 is 4.42 Å². The van der Waals surface area contributed by atoms with Gasteiger partial charge in [-0.2, -0.15) is 0 Å². The summed E-state index contributed by atoms with van der Waals surface area (Å²) in [7, 11) is 0. The van der Waals surface area contributed by atoms with Gasteiger partial charge in [0.05, 0.1) is 11.0 Å². The van der Waals surface area contributed by atoms with Crippen LogP contribution in [0.3, 0.4) is 0 Å². The van der Waals surface area contributed by atoms with E-state index in [1.165, 1.54) is 71.6 Å². The van der Waals surface area contributed by atoms with Gasteiger partial charge in [-0.25, -0.2) is 0 Å². The molecule has 0 spiro atoms. The van der Waals surface area contributed by atoms with Crippen molar-refractivity contribution >= 4 is 66.8 Å². The fourth-order valence-corrected chi connectivity index (χ4v) is 8.05. The summed E-state index contributed by atoms with van der Waals surface area (Å²) in [4.78, 5) is 0. The van der Waals surface area contributed by atoms with Crippen LogP contribution in [0.1, 0.15) is 33.4 Å². The minimum Gasteiger partial charge on any atom is -0.456 e. The minimum atomic E-state index is 0.148. The molecule has 0 bridgehead atoms. The van der Waals surface area contributed by atoms with E-state index in [1.54, 1.807) is 0 Å². The van der Waals surface area contributed by atoms with Crippen LogP contribution in [0.15, 0.2) is 114 Å². The second-order valence-corrected chi connectivity index (χ2v) is 13.0. The van der Waals surface area contributed by atoms with Gasteiger partial charge in [-0.3, -0.25) is 0 Å².